The average molecular weight is 1530 g/mol. The van der Waals surface area contributed by atoms with Crippen LogP contribution in [0.1, 0.15) is 202 Å². The lowest BCUT2D eigenvalue weighted by Gasteiger charge is -2.78. The molecule has 12 aromatic rings. The number of anilines is 6. The minimum absolute atomic E-state index is 0.0195. The Kier molecular flexibility index (Phi) is 14.0. The van der Waals surface area contributed by atoms with Crippen LogP contribution < -0.4 is 9.80 Å². The first kappa shape index (κ1) is 69.1. The Bertz CT molecular complexity index is 6190. The molecule has 570 valence electrons. The molecule has 4 spiro atoms. The molecule has 0 saturated heterocycles. The largest absolute Gasteiger partial charge is 0.310 e. The predicted octanol–water partition coefficient (Wildman–Crippen LogP) is 29.9. The molecule has 2 nitrogen and oxygen atoms in total. The van der Waals surface area contributed by atoms with Gasteiger partial charge in [-0.3, -0.25) is 0 Å². The molecule has 2 aliphatic heterocycles. The standard InChI is InChI=1S/C111H104N2S2/c1-103(2)46-48-105(5,6)91-59-79(35-40-86(91)103)112(81-37-42-88-97(61-81)114-95-44-30-73(67-16-12-11-13-17-67)54-93(95)110(88)99-52-65-50-75-56-101(110)108(75,99)63-65)77-32-28-71(29-33-77)70-22-20-68(21-23-70)69-24-26-72(27-25-69)74-31-45-96-94(55-74)111(100-53-66-51-76-57-102(111)109(76,100)64-66)89-43-38-82(62-98(89)115-96)113(80-36-41-87-92(60-80)106(7,8)49-47-104(87,3)4)78-34-39-84-83-18-14-15-19-85(83)107(9,10)90(84)58-78/h11-45,54-55,58-62,65-66,75-76,99-102H,46-53,56-57,63-64H2,1-10H3. The molecule has 115 heavy (non-hydrogen) atoms. The van der Waals surface area contributed by atoms with Gasteiger partial charge in [0.2, 0.25) is 0 Å². The molecule has 8 fully saturated rings. The van der Waals surface area contributed by atoms with E-state index in [0.717, 1.165) is 35.5 Å². The lowest BCUT2D eigenvalue weighted by molar-refractivity contribution is -0.235. The number of benzene rings is 12. The van der Waals surface area contributed by atoms with Crippen molar-refractivity contribution in [3.05, 3.63) is 310 Å². The van der Waals surface area contributed by atoms with E-state index in [1.165, 1.54) is 220 Å². The molecule has 11 aliphatic carbocycles. The fourth-order valence-electron chi connectivity index (χ4n) is 29.2. The van der Waals surface area contributed by atoms with Gasteiger partial charge in [-0.15, -0.1) is 0 Å². The molecule has 0 amide bonds. The summed E-state index contributed by atoms with van der Waals surface area (Å²) in [6, 6.07) is 102. The van der Waals surface area contributed by atoms with Crippen molar-refractivity contribution >= 4 is 57.6 Å². The summed E-state index contributed by atoms with van der Waals surface area (Å²) in [6.45, 7) is 24.6. The number of nitrogens with zero attached hydrogens (tertiary/aromatic N) is 2. The summed E-state index contributed by atoms with van der Waals surface area (Å²) in [6.07, 6.45) is 16.2. The molecular weight excluding hydrogens is 1430 g/mol. The van der Waals surface area contributed by atoms with Crippen LogP contribution in [-0.2, 0) is 37.9 Å². The fraction of sp³-hybridized carbons (Fsp3) is 0.351. The highest BCUT2D eigenvalue weighted by molar-refractivity contribution is 7.99. The maximum atomic E-state index is 2.69. The molecule has 12 atom stereocenters. The van der Waals surface area contributed by atoms with E-state index in [0.29, 0.717) is 22.7 Å². The van der Waals surface area contributed by atoms with Crippen molar-refractivity contribution in [1.29, 1.82) is 0 Å². The highest BCUT2D eigenvalue weighted by Gasteiger charge is 2.86. The van der Waals surface area contributed by atoms with Crippen LogP contribution in [0.5, 0.6) is 0 Å². The van der Waals surface area contributed by atoms with Gasteiger partial charge in [-0.2, -0.15) is 0 Å². The van der Waals surface area contributed by atoms with Gasteiger partial charge in [0, 0.05) is 70.0 Å². The molecule has 12 unspecified atom stereocenters. The molecule has 0 N–H and O–H groups in total. The van der Waals surface area contributed by atoms with E-state index in [9.17, 15) is 0 Å². The van der Waals surface area contributed by atoms with Crippen LogP contribution in [0.25, 0.3) is 55.6 Å². The van der Waals surface area contributed by atoms with Gasteiger partial charge < -0.3 is 9.80 Å². The van der Waals surface area contributed by atoms with E-state index in [1.807, 2.05) is 23.5 Å². The van der Waals surface area contributed by atoms with Gasteiger partial charge >= 0.3 is 0 Å². The van der Waals surface area contributed by atoms with Crippen molar-refractivity contribution < 1.29 is 0 Å². The monoisotopic (exact) mass is 1530 g/mol. The van der Waals surface area contributed by atoms with E-state index < -0.39 is 0 Å². The van der Waals surface area contributed by atoms with Gasteiger partial charge in [-0.05, 0) is 365 Å². The molecule has 2 heterocycles. The Hall–Kier alpha value is -9.06. The third-order valence-electron chi connectivity index (χ3n) is 34.7. The second-order valence-electron chi connectivity index (χ2n) is 41.7. The Balaban J connectivity index is 0.529. The Labute approximate surface area is 690 Å². The first-order chi connectivity index (χ1) is 55.5. The van der Waals surface area contributed by atoms with Crippen molar-refractivity contribution in [3.63, 3.8) is 0 Å². The molecule has 25 rings (SSSR count). The van der Waals surface area contributed by atoms with Crippen LogP contribution in [-0.4, -0.2) is 0 Å². The summed E-state index contributed by atoms with van der Waals surface area (Å²) in [5.74, 6) is 6.45. The number of rotatable bonds is 10. The molecule has 4 heteroatoms. The quantitative estimate of drug-likeness (QED) is 0.135. The van der Waals surface area contributed by atoms with Crippen LogP contribution in [0, 0.1) is 58.2 Å². The molecule has 12 aromatic carbocycles. The second-order valence-corrected chi connectivity index (χ2v) is 43.9. The van der Waals surface area contributed by atoms with Gasteiger partial charge in [0.25, 0.3) is 0 Å². The first-order valence-corrected chi connectivity index (χ1v) is 45.6. The van der Waals surface area contributed by atoms with Gasteiger partial charge in [0.15, 0.2) is 0 Å². The van der Waals surface area contributed by atoms with Crippen LogP contribution in [0.3, 0.4) is 0 Å². The zero-order valence-electron chi connectivity index (χ0n) is 68.6. The summed E-state index contributed by atoms with van der Waals surface area (Å²) in [7, 11) is 0. The average Bonchev–Trinajstić information content (AvgIpc) is 1.50. The fourth-order valence-corrected chi connectivity index (χ4v) is 31.7. The van der Waals surface area contributed by atoms with Gasteiger partial charge in [-0.1, -0.05) is 250 Å². The van der Waals surface area contributed by atoms with E-state index in [-0.39, 0.29) is 37.9 Å². The Morgan fingerprint density at radius 2 is 0.600 bits per heavy atom. The van der Waals surface area contributed by atoms with Crippen molar-refractivity contribution in [2.24, 2.45) is 58.2 Å². The minimum atomic E-state index is -0.110. The van der Waals surface area contributed by atoms with E-state index in [1.54, 1.807) is 22.3 Å². The summed E-state index contributed by atoms with van der Waals surface area (Å²) >= 11 is 4.08. The summed E-state index contributed by atoms with van der Waals surface area (Å²) in [5.41, 5.74) is 37.2. The number of hydrogen-bond acceptors (Lipinski definition) is 4. The topological polar surface area (TPSA) is 6.48 Å². The van der Waals surface area contributed by atoms with Crippen LogP contribution >= 0.6 is 23.5 Å². The third-order valence-corrected chi connectivity index (χ3v) is 36.9. The molecular formula is C111H104N2S2. The summed E-state index contributed by atoms with van der Waals surface area (Å²) < 4.78 is 0. The Morgan fingerprint density at radius 3 is 1.07 bits per heavy atom. The summed E-state index contributed by atoms with van der Waals surface area (Å²) in [5, 5.41) is 0. The maximum absolute atomic E-state index is 2.69. The second kappa shape index (κ2) is 23.2. The molecule has 0 aromatic heterocycles. The lowest BCUT2D eigenvalue weighted by Crippen LogP contribution is -2.74. The Morgan fingerprint density at radius 1 is 0.252 bits per heavy atom. The molecule has 4 bridgehead atoms. The smallest absolute Gasteiger partial charge is 0.0473 e. The van der Waals surface area contributed by atoms with Crippen LogP contribution in [0.15, 0.2) is 274 Å². The molecule has 13 aliphatic rings. The minimum Gasteiger partial charge on any atom is -0.310 e. The SMILES string of the molecule is CC1(C)CCC(C)(C)c2cc(N(c3ccc(-c4ccc(-c5ccc(-c6ccc7c(c6)C6(c8ccc(N(c9ccc%10c(c9)C(C)(C)CCC%10(C)C)c9ccc%10c(c9)C(C)(C)c9ccccc9-%10)cc8S7)C7CC8CC9CC6C97C8)cc5)cc4)cc3)c3ccc4c(c3)Sc3ccc(-c5ccccc5)cc3C43C4CC5CC6CC3C64C5)ccc21. The van der Waals surface area contributed by atoms with Crippen molar-refractivity contribution in [1.82, 2.24) is 0 Å². The lowest BCUT2D eigenvalue weighted by atomic mass is 9.26. The van der Waals surface area contributed by atoms with Gasteiger partial charge in [0.1, 0.15) is 0 Å². The third kappa shape index (κ3) is 9.03. The highest BCUT2D eigenvalue weighted by atomic mass is 32.2. The predicted molar refractivity (Wildman–Crippen MR) is 478 cm³/mol. The van der Waals surface area contributed by atoms with Gasteiger partial charge in [0.05, 0.1) is 0 Å². The van der Waals surface area contributed by atoms with Crippen LogP contribution in [0.4, 0.5) is 34.1 Å². The van der Waals surface area contributed by atoms with Crippen LogP contribution in [0.2, 0.25) is 0 Å². The van der Waals surface area contributed by atoms with E-state index in [2.05, 4.69) is 334 Å². The highest BCUT2D eigenvalue weighted by Crippen LogP contribution is 2.91. The van der Waals surface area contributed by atoms with Crippen molar-refractivity contribution in [2.75, 3.05) is 9.80 Å². The van der Waals surface area contributed by atoms with Crippen molar-refractivity contribution in [2.45, 2.75) is 204 Å². The maximum Gasteiger partial charge on any atom is 0.0473 e. The van der Waals surface area contributed by atoms with Gasteiger partial charge in [-0.25, -0.2) is 0 Å². The summed E-state index contributed by atoms with van der Waals surface area (Å²) in [4.78, 5) is 11.1. The number of hydrogen-bond donors (Lipinski definition) is 0. The number of fused-ring (bicyclic) bond motifs is 19. The molecule has 0 radical (unpaired) electrons. The zero-order chi connectivity index (χ0) is 77.2. The normalized spacial score (nSPS) is 29.5. The van der Waals surface area contributed by atoms with E-state index >= 15 is 0 Å². The van der Waals surface area contributed by atoms with Crippen molar-refractivity contribution in [3.8, 4) is 55.6 Å². The molecule has 8 saturated carbocycles. The zero-order valence-corrected chi connectivity index (χ0v) is 70.2. The van der Waals surface area contributed by atoms with E-state index in [4.69, 9.17) is 0 Å². The first-order valence-electron chi connectivity index (χ1n) is 44.0.